The fourth-order valence-electron chi connectivity index (χ4n) is 0.787. The molecule has 0 aliphatic carbocycles. The van der Waals surface area contributed by atoms with Crippen molar-refractivity contribution in [2.75, 3.05) is 0 Å². The first kappa shape index (κ1) is 9.81. The zero-order chi connectivity index (χ0) is 9.19. The molecule has 0 unspecified atom stereocenters. The Morgan fingerprint density at radius 2 is 1.92 bits per heavy atom. The lowest BCUT2D eigenvalue weighted by atomic mass is 10.2. The first-order chi connectivity index (χ1) is 5.49. The molecule has 1 aromatic carbocycles. The zero-order valence-corrected chi connectivity index (χ0v) is 8.18. The molecule has 0 spiro atoms. The Hall–Kier alpha value is -0.280. The van der Waals surface area contributed by atoms with Crippen LogP contribution in [0.4, 0.5) is 0 Å². The number of benzene rings is 1. The predicted octanol–water partition coefficient (Wildman–Crippen LogP) is 2.18. The molecule has 0 fully saturated rings. The normalized spacial score (nSPS) is 11.6. The monoisotopic (exact) mass is 204 g/mol. The Bertz CT molecular complexity index is 320. The van der Waals surface area contributed by atoms with Gasteiger partial charge in [0.2, 0.25) is 0 Å². The summed E-state index contributed by atoms with van der Waals surface area (Å²) in [6.45, 7) is -2.18. The van der Waals surface area contributed by atoms with Gasteiger partial charge >= 0.3 is 6.80 Å². The van der Waals surface area contributed by atoms with Crippen molar-refractivity contribution in [3.63, 3.8) is 0 Å². The highest BCUT2D eigenvalue weighted by molar-refractivity contribution is 8.54. The van der Waals surface area contributed by atoms with Crippen molar-refractivity contribution in [2.45, 2.75) is 11.8 Å². The van der Waals surface area contributed by atoms with Crippen molar-refractivity contribution < 1.29 is 14.4 Å². The Kier molecular flexibility index (Phi) is 2.96. The second-order valence-corrected chi connectivity index (χ2v) is 5.93. The minimum atomic E-state index is -4.00. The highest BCUT2D eigenvalue weighted by atomic mass is 32.7. The molecular weight excluding hydrogens is 195 g/mol. The second kappa shape index (κ2) is 3.62. The summed E-state index contributed by atoms with van der Waals surface area (Å²) in [7, 11) is 0. The molecule has 0 heterocycles. The van der Waals surface area contributed by atoms with Crippen LogP contribution in [0.2, 0.25) is 0 Å². The van der Waals surface area contributed by atoms with Crippen LogP contribution in [-0.4, -0.2) is 9.79 Å². The average molecular weight is 204 g/mol. The van der Waals surface area contributed by atoms with Gasteiger partial charge in [-0.15, -0.1) is 0 Å². The van der Waals surface area contributed by atoms with Crippen molar-refractivity contribution >= 4 is 18.2 Å². The van der Waals surface area contributed by atoms with Crippen LogP contribution < -0.4 is 0 Å². The first-order valence-corrected chi connectivity index (χ1v) is 6.33. The standard InChI is InChI=1S/C7H9O3PS/c1-6-4-2-3-5-7(6)12-11(8,9)10/h2-5H,1H3,(H2,8,9,10). The van der Waals surface area contributed by atoms with E-state index in [1.807, 2.05) is 19.1 Å². The molecule has 12 heavy (non-hydrogen) atoms. The summed E-state index contributed by atoms with van der Waals surface area (Å²) in [5, 5.41) is 0. The van der Waals surface area contributed by atoms with Crippen LogP contribution in [0.25, 0.3) is 0 Å². The Morgan fingerprint density at radius 3 is 2.42 bits per heavy atom. The molecule has 0 bridgehead atoms. The Balaban J connectivity index is 2.90. The van der Waals surface area contributed by atoms with Gasteiger partial charge in [0, 0.05) is 4.90 Å². The average Bonchev–Trinajstić information content (AvgIpc) is 1.91. The molecule has 0 saturated heterocycles. The van der Waals surface area contributed by atoms with Gasteiger partial charge in [0.1, 0.15) is 0 Å². The van der Waals surface area contributed by atoms with Gasteiger partial charge in [-0.25, -0.2) is 4.57 Å². The quantitative estimate of drug-likeness (QED) is 0.725. The maximum absolute atomic E-state index is 10.6. The van der Waals surface area contributed by atoms with Crippen molar-refractivity contribution in [3.05, 3.63) is 29.8 Å². The van der Waals surface area contributed by atoms with Crippen molar-refractivity contribution in [3.8, 4) is 0 Å². The lowest BCUT2D eigenvalue weighted by Gasteiger charge is -2.04. The van der Waals surface area contributed by atoms with E-state index in [1.165, 1.54) is 0 Å². The molecule has 0 aromatic heterocycles. The third-order valence-electron chi connectivity index (χ3n) is 1.31. The summed E-state index contributed by atoms with van der Waals surface area (Å²) >= 11 is 0.594. The number of hydrogen-bond donors (Lipinski definition) is 2. The topological polar surface area (TPSA) is 57.5 Å². The van der Waals surface area contributed by atoms with Gasteiger partial charge in [0.15, 0.2) is 0 Å². The fourth-order valence-corrected chi connectivity index (χ4v) is 2.78. The van der Waals surface area contributed by atoms with Gasteiger partial charge in [-0.3, -0.25) is 0 Å². The summed E-state index contributed by atoms with van der Waals surface area (Å²) in [5.41, 5.74) is 0.880. The number of aryl methyl sites for hydroxylation is 1. The summed E-state index contributed by atoms with van der Waals surface area (Å²) in [4.78, 5) is 18.0. The van der Waals surface area contributed by atoms with E-state index in [2.05, 4.69) is 0 Å². The van der Waals surface area contributed by atoms with Gasteiger partial charge < -0.3 is 9.79 Å². The second-order valence-electron chi connectivity index (χ2n) is 2.35. The van der Waals surface area contributed by atoms with Crippen molar-refractivity contribution in [1.82, 2.24) is 0 Å². The molecule has 1 rings (SSSR count). The highest BCUT2D eigenvalue weighted by Gasteiger charge is 2.15. The summed E-state index contributed by atoms with van der Waals surface area (Å²) < 4.78 is 10.6. The minimum absolute atomic E-state index is 0.594. The zero-order valence-electron chi connectivity index (χ0n) is 6.47. The molecule has 0 aliphatic heterocycles. The van der Waals surface area contributed by atoms with E-state index in [1.54, 1.807) is 12.1 Å². The lowest BCUT2D eigenvalue weighted by Crippen LogP contribution is -1.77. The fraction of sp³-hybridized carbons (Fsp3) is 0.143. The van der Waals surface area contributed by atoms with Crippen LogP contribution in [0.15, 0.2) is 29.2 Å². The smallest absolute Gasteiger partial charge is 0.316 e. The largest absolute Gasteiger partial charge is 0.388 e. The van der Waals surface area contributed by atoms with E-state index in [0.717, 1.165) is 5.56 Å². The van der Waals surface area contributed by atoms with E-state index < -0.39 is 6.80 Å². The van der Waals surface area contributed by atoms with Gasteiger partial charge in [-0.2, -0.15) is 0 Å². The molecule has 0 radical (unpaired) electrons. The molecule has 0 amide bonds. The molecule has 2 N–H and O–H groups in total. The molecule has 0 aliphatic rings. The van der Waals surface area contributed by atoms with Gasteiger partial charge in [-0.05, 0) is 29.9 Å². The van der Waals surface area contributed by atoms with Crippen LogP contribution in [0.5, 0.6) is 0 Å². The Morgan fingerprint density at radius 1 is 1.33 bits per heavy atom. The molecule has 3 nitrogen and oxygen atoms in total. The van der Waals surface area contributed by atoms with E-state index in [4.69, 9.17) is 9.79 Å². The first-order valence-electron chi connectivity index (χ1n) is 3.30. The molecule has 0 saturated carbocycles. The molecule has 1 aromatic rings. The van der Waals surface area contributed by atoms with Crippen LogP contribution in [0.3, 0.4) is 0 Å². The third kappa shape index (κ3) is 2.99. The SMILES string of the molecule is Cc1ccccc1SP(=O)(O)O. The number of hydrogen-bond acceptors (Lipinski definition) is 2. The minimum Gasteiger partial charge on any atom is -0.316 e. The Labute approximate surface area is 74.7 Å². The summed E-state index contributed by atoms with van der Waals surface area (Å²) in [6.07, 6.45) is 0. The third-order valence-corrected chi connectivity index (χ3v) is 3.51. The van der Waals surface area contributed by atoms with E-state index >= 15 is 0 Å². The van der Waals surface area contributed by atoms with Crippen LogP contribution in [0, 0.1) is 6.92 Å². The summed E-state index contributed by atoms with van der Waals surface area (Å²) in [5.74, 6) is 0. The maximum Gasteiger partial charge on any atom is 0.388 e. The van der Waals surface area contributed by atoms with Crippen LogP contribution in [0.1, 0.15) is 5.56 Å². The van der Waals surface area contributed by atoms with E-state index in [0.29, 0.717) is 16.3 Å². The van der Waals surface area contributed by atoms with E-state index in [-0.39, 0.29) is 0 Å². The summed E-state index contributed by atoms with van der Waals surface area (Å²) in [6, 6.07) is 7.10. The van der Waals surface area contributed by atoms with Crippen molar-refractivity contribution in [1.29, 1.82) is 0 Å². The maximum atomic E-state index is 10.6. The molecule has 0 atom stereocenters. The molecule has 5 heteroatoms. The van der Waals surface area contributed by atoms with Crippen molar-refractivity contribution in [2.24, 2.45) is 0 Å². The molecule has 66 valence electrons. The van der Waals surface area contributed by atoms with Gasteiger partial charge in [0.25, 0.3) is 0 Å². The van der Waals surface area contributed by atoms with Crippen LogP contribution >= 0.6 is 18.2 Å². The molecular formula is C7H9O3PS. The van der Waals surface area contributed by atoms with E-state index in [9.17, 15) is 4.57 Å². The predicted molar refractivity (Wildman–Crippen MR) is 49.1 cm³/mol. The number of rotatable bonds is 2. The lowest BCUT2D eigenvalue weighted by molar-refractivity contribution is 0.397. The highest BCUT2D eigenvalue weighted by Crippen LogP contribution is 2.55. The van der Waals surface area contributed by atoms with Crippen LogP contribution in [-0.2, 0) is 4.57 Å². The van der Waals surface area contributed by atoms with Gasteiger partial charge in [-0.1, -0.05) is 18.2 Å². The van der Waals surface area contributed by atoms with Gasteiger partial charge in [0.05, 0.1) is 0 Å².